The molecule has 1 saturated heterocycles. The minimum Gasteiger partial charge on any atom is -0.335 e. The first kappa shape index (κ1) is 11.9. The molecule has 0 amide bonds. The Balaban J connectivity index is 2.09. The van der Waals surface area contributed by atoms with E-state index in [2.05, 4.69) is 41.5 Å². The van der Waals surface area contributed by atoms with Crippen molar-refractivity contribution in [2.45, 2.75) is 33.2 Å². The van der Waals surface area contributed by atoms with Gasteiger partial charge in [0.25, 0.3) is 0 Å². The van der Waals surface area contributed by atoms with E-state index in [1.165, 1.54) is 25.9 Å². The summed E-state index contributed by atoms with van der Waals surface area (Å²) in [5.74, 6) is 0. The van der Waals surface area contributed by atoms with E-state index >= 15 is 0 Å². The van der Waals surface area contributed by atoms with Crippen molar-refractivity contribution < 1.29 is 0 Å². The zero-order valence-corrected chi connectivity index (χ0v) is 11.2. The smallest absolute Gasteiger partial charge is 0.177 e. The molecule has 1 aliphatic rings. The highest BCUT2D eigenvalue weighted by molar-refractivity contribution is 7.71. The highest BCUT2D eigenvalue weighted by Gasteiger charge is 2.29. The molecule has 4 heteroatoms. The molecule has 1 aliphatic heterocycles. The first-order valence-corrected chi connectivity index (χ1v) is 6.34. The van der Waals surface area contributed by atoms with Crippen molar-refractivity contribution in [2.24, 2.45) is 5.41 Å². The molecule has 0 atom stereocenters. The molecule has 0 aromatic carbocycles. The van der Waals surface area contributed by atoms with Crippen LogP contribution in [0.5, 0.6) is 0 Å². The molecule has 0 saturated carbocycles. The fourth-order valence-corrected chi connectivity index (χ4v) is 2.69. The summed E-state index contributed by atoms with van der Waals surface area (Å²) in [5.41, 5.74) is 1.56. The lowest BCUT2D eigenvalue weighted by Gasteiger charge is -2.38. The molecule has 1 N–H and O–H groups in total. The van der Waals surface area contributed by atoms with Crippen molar-refractivity contribution in [3.8, 4) is 0 Å². The first-order valence-electron chi connectivity index (χ1n) is 5.93. The highest BCUT2D eigenvalue weighted by atomic mass is 32.1. The number of nitrogens with one attached hydrogen (secondary N) is 1. The summed E-state index contributed by atoms with van der Waals surface area (Å²) in [6.45, 7) is 7.89. The number of H-pyrrole nitrogens is 1. The molecule has 0 spiro atoms. The van der Waals surface area contributed by atoms with E-state index < -0.39 is 0 Å². The maximum atomic E-state index is 5.31. The van der Waals surface area contributed by atoms with Crippen LogP contribution in [0.4, 0.5) is 0 Å². The molecule has 1 aromatic heterocycles. The van der Waals surface area contributed by atoms with Crippen molar-refractivity contribution in [1.82, 2.24) is 14.5 Å². The van der Waals surface area contributed by atoms with Crippen molar-refractivity contribution in [3.63, 3.8) is 0 Å². The lowest BCUT2D eigenvalue weighted by Crippen LogP contribution is -2.38. The van der Waals surface area contributed by atoms with Crippen LogP contribution in [-0.2, 0) is 6.54 Å². The Hall–Kier alpha value is -0.610. The Kier molecular flexibility index (Phi) is 3.22. The van der Waals surface area contributed by atoms with Gasteiger partial charge in [0, 0.05) is 18.4 Å². The third-order valence-corrected chi connectivity index (χ3v) is 4.00. The molecule has 3 nitrogen and oxygen atoms in total. The molecule has 1 fully saturated rings. The van der Waals surface area contributed by atoms with Gasteiger partial charge in [-0.25, -0.2) is 0 Å². The van der Waals surface area contributed by atoms with Gasteiger partial charge in [-0.2, -0.15) is 0 Å². The Morgan fingerprint density at radius 1 is 1.44 bits per heavy atom. The summed E-state index contributed by atoms with van der Waals surface area (Å²) in [4.78, 5) is 5.60. The minimum absolute atomic E-state index is 0.402. The summed E-state index contributed by atoms with van der Waals surface area (Å²) in [6.07, 6.45) is 4.65. The molecule has 0 radical (unpaired) electrons. The second-order valence-electron chi connectivity index (χ2n) is 5.48. The molecule has 1 aromatic rings. The van der Waals surface area contributed by atoms with Crippen LogP contribution in [0.2, 0.25) is 0 Å². The van der Waals surface area contributed by atoms with Gasteiger partial charge in [0.05, 0.1) is 0 Å². The summed E-state index contributed by atoms with van der Waals surface area (Å²) >= 11 is 5.31. The van der Waals surface area contributed by atoms with E-state index in [-0.39, 0.29) is 0 Å². The molecule has 90 valence electrons. The van der Waals surface area contributed by atoms with E-state index in [0.29, 0.717) is 5.41 Å². The number of aromatic nitrogens is 2. The number of imidazole rings is 1. The van der Waals surface area contributed by atoms with Crippen molar-refractivity contribution in [2.75, 3.05) is 20.1 Å². The van der Waals surface area contributed by atoms with E-state index in [1.807, 2.05) is 0 Å². The first-order chi connectivity index (χ1) is 7.48. The number of likely N-dealkylation sites (tertiary alicyclic amines) is 1. The largest absolute Gasteiger partial charge is 0.335 e. The number of hydrogen-bond acceptors (Lipinski definition) is 2. The van der Waals surface area contributed by atoms with Crippen molar-refractivity contribution >= 4 is 12.2 Å². The van der Waals surface area contributed by atoms with Gasteiger partial charge in [-0.3, -0.25) is 0 Å². The van der Waals surface area contributed by atoms with E-state index in [0.717, 1.165) is 17.0 Å². The summed E-state index contributed by atoms with van der Waals surface area (Å²) in [5, 5.41) is 0. The molecule has 16 heavy (non-hydrogen) atoms. The number of aromatic amines is 1. The third kappa shape index (κ3) is 2.55. The normalized spacial score (nSPS) is 21.2. The predicted molar refractivity (Wildman–Crippen MR) is 69.2 cm³/mol. The Labute approximate surface area is 102 Å². The number of piperidine rings is 1. The fraction of sp³-hybridized carbons (Fsp3) is 0.750. The van der Waals surface area contributed by atoms with Gasteiger partial charge < -0.3 is 14.5 Å². The second-order valence-corrected chi connectivity index (χ2v) is 5.87. The second kappa shape index (κ2) is 4.34. The Morgan fingerprint density at radius 3 is 2.56 bits per heavy atom. The average molecular weight is 239 g/mol. The molecular formula is C12H21N3S. The van der Waals surface area contributed by atoms with E-state index in [4.69, 9.17) is 12.2 Å². The van der Waals surface area contributed by atoms with Crippen LogP contribution in [0.1, 0.15) is 25.5 Å². The predicted octanol–water partition coefficient (Wildman–Crippen LogP) is 2.59. The van der Waals surface area contributed by atoms with Gasteiger partial charge in [0.2, 0.25) is 0 Å². The number of nitrogens with zero attached hydrogens (tertiary/aromatic N) is 2. The van der Waals surface area contributed by atoms with Crippen LogP contribution in [0.15, 0.2) is 6.20 Å². The third-order valence-electron chi connectivity index (χ3n) is 3.66. The topological polar surface area (TPSA) is 24.0 Å². The zero-order valence-electron chi connectivity index (χ0n) is 10.4. The van der Waals surface area contributed by atoms with Gasteiger partial charge in [0.15, 0.2) is 4.77 Å². The lowest BCUT2D eigenvalue weighted by atomic mass is 9.80. The molecule has 0 bridgehead atoms. The fourth-order valence-electron chi connectivity index (χ4n) is 2.41. The zero-order chi connectivity index (χ0) is 11.8. The molecule has 2 rings (SSSR count). The number of rotatable bonds is 2. The summed E-state index contributed by atoms with van der Waals surface area (Å²) < 4.78 is 3.05. The Morgan fingerprint density at radius 2 is 2.06 bits per heavy atom. The van der Waals surface area contributed by atoms with E-state index in [1.54, 1.807) is 0 Å². The standard InChI is InChI=1S/C12H21N3S/c1-10-8-15(11(16)13-10)9-12(2)4-6-14(3)7-5-12/h8H,4-7,9H2,1-3H3,(H,13,16). The molecule has 0 aliphatic carbocycles. The highest BCUT2D eigenvalue weighted by Crippen LogP contribution is 2.32. The Bertz CT molecular complexity index is 410. The summed E-state index contributed by atoms with van der Waals surface area (Å²) in [6, 6.07) is 0. The van der Waals surface area contributed by atoms with Gasteiger partial charge in [-0.15, -0.1) is 0 Å². The van der Waals surface area contributed by atoms with E-state index in [9.17, 15) is 0 Å². The number of hydrogen-bond donors (Lipinski definition) is 1. The van der Waals surface area contributed by atoms with Crippen LogP contribution in [-0.4, -0.2) is 34.6 Å². The molecule has 0 unspecified atom stereocenters. The van der Waals surface area contributed by atoms with Gasteiger partial charge in [-0.05, 0) is 57.5 Å². The maximum absolute atomic E-state index is 5.31. The monoisotopic (exact) mass is 239 g/mol. The molecular weight excluding hydrogens is 218 g/mol. The quantitative estimate of drug-likeness (QED) is 0.802. The minimum atomic E-state index is 0.402. The average Bonchev–Trinajstić information content (AvgIpc) is 2.51. The van der Waals surface area contributed by atoms with Crippen LogP contribution in [0, 0.1) is 17.1 Å². The van der Waals surface area contributed by atoms with Gasteiger partial charge >= 0.3 is 0 Å². The van der Waals surface area contributed by atoms with Crippen LogP contribution in [0.3, 0.4) is 0 Å². The van der Waals surface area contributed by atoms with Crippen LogP contribution < -0.4 is 0 Å². The summed E-state index contributed by atoms with van der Waals surface area (Å²) in [7, 11) is 2.20. The van der Waals surface area contributed by atoms with Gasteiger partial charge in [0.1, 0.15) is 0 Å². The van der Waals surface area contributed by atoms with Gasteiger partial charge in [-0.1, -0.05) is 6.92 Å². The number of aryl methyl sites for hydroxylation is 1. The maximum Gasteiger partial charge on any atom is 0.177 e. The molecule has 2 heterocycles. The lowest BCUT2D eigenvalue weighted by molar-refractivity contribution is 0.120. The van der Waals surface area contributed by atoms with Crippen molar-refractivity contribution in [1.29, 1.82) is 0 Å². The van der Waals surface area contributed by atoms with Crippen molar-refractivity contribution in [3.05, 3.63) is 16.7 Å². The SMILES string of the molecule is Cc1cn(CC2(C)CCN(C)CC2)c(=S)[nH]1. The van der Waals surface area contributed by atoms with Crippen LogP contribution >= 0.6 is 12.2 Å². The van der Waals surface area contributed by atoms with Crippen LogP contribution in [0.25, 0.3) is 0 Å².